The molecular formula is C17H35N5O2. The first kappa shape index (κ1) is 20.7. The molecule has 0 radical (unpaired) electrons. The van der Waals surface area contributed by atoms with Gasteiger partial charge in [0.25, 0.3) is 0 Å². The van der Waals surface area contributed by atoms with E-state index >= 15 is 0 Å². The van der Waals surface area contributed by atoms with Gasteiger partial charge in [-0.1, -0.05) is 0 Å². The van der Waals surface area contributed by atoms with Gasteiger partial charge in [0.2, 0.25) is 5.91 Å². The van der Waals surface area contributed by atoms with Gasteiger partial charge in [0.1, 0.15) is 0 Å². The van der Waals surface area contributed by atoms with Crippen molar-refractivity contribution in [3.63, 3.8) is 0 Å². The standard InChI is InChI=1S/C17H35N5O2/c1-3-24-14-6-10-21-17(19-2)20-9-4-5-11-22-12-7-15(8-13-22)16(18)23/h15H,3-14H2,1-2H3,(H2,18,23)(H2,19,20,21). The Morgan fingerprint density at radius 3 is 2.46 bits per heavy atom. The highest BCUT2D eigenvalue weighted by atomic mass is 16.5. The van der Waals surface area contributed by atoms with Crippen LogP contribution in [0.3, 0.4) is 0 Å². The van der Waals surface area contributed by atoms with E-state index in [9.17, 15) is 4.79 Å². The van der Waals surface area contributed by atoms with Gasteiger partial charge in [0.15, 0.2) is 5.96 Å². The van der Waals surface area contributed by atoms with Gasteiger partial charge in [0, 0.05) is 39.3 Å². The van der Waals surface area contributed by atoms with Crippen LogP contribution in [-0.2, 0) is 9.53 Å². The van der Waals surface area contributed by atoms with Gasteiger partial charge in [-0.3, -0.25) is 9.79 Å². The number of unbranched alkanes of at least 4 members (excludes halogenated alkanes) is 1. The van der Waals surface area contributed by atoms with Gasteiger partial charge in [-0.15, -0.1) is 0 Å². The number of nitrogens with zero attached hydrogens (tertiary/aromatic N) is 2. The molecule has 0 aromatic carbocycles. The van der Waals surface area contributed by atoms with Crippen molar-refractivity contribution in [1.29, 1.82) is 0 Å². The van der Waals surface area contributed by atoms with E-state index in [1.54, 1.807) is 7.05 Å². The summed E-state index contributed by atoms with van der Waals surface area (Å²) in [6, 6.07) is 0. The molecule has 0 aliphatic carbocycles. The van der Waals surface area contributed by atoms with E-state index in [2.05, 4.69) is 20.5 Å². The number of nitrogens with one attached hydrogen (secondary N) is 2. The Bertz CT molecular complexity index is 368. The first-order valence-electron chi connectivity index (χ1n) is 9.21. The van der Waals surface area contributed by atoms with E-state index in [0.717, 1.165) is 84.0 Å². The highest BCUT2D eigenvalue weighted by Crippen LogP contribution is 2.16. The lowest BCUT2D eigenvalue weighted by molar-refractivity contribution is -0.123. The predicted molar refractivity (Wildman–Crippen MR) is 98.1 cm³/mol. The van der Waals surface area contributed by atoms with E-state index in [0.29, 0.717) is 0 Å². The number of guanidine groups is 1. The molecule has 1 heterocycles. The number of aliphatic imine (C=N–C) groups is 1. The minimum atomic E-state index is -0.140. The molecule has 24 heavy (non-hydrogen) atoms. The van der Waals surface area contributed by atoms with Crippen LogP contribution in [0.4, 0.5) is 0 Å². The maximum atomic E-state index is 11.2. The maximum absolute atomic E-state index is 11.2. The lowest BCUT2D eigenvalue weighted by Crippen LogP contribution is -2.40. The summed E-state index contributed by atoms with van der Waals surface area (Å²) in [5, 5.41) is 6.63. The Balaban J connectivity index is 1.99. The zero-order valence-corrected chi connectivity index (χ0v) is 15.4. The minimum Gasteiger partial charge on any atom is -0.382 e. The summed E-state index contributed by atoms with van der Waals surface area (Å²) in [7, 11) is 1.79. The molecule has 0 aromatic heterocycles. The van der Waals surface area contributed by atoms with Crippen molar-refractivity contribution in [2.75, 3.05) is 53.0 Å². The number of ether oxygens (including phenoxy) is 1. The van der Waals surface area contributed by atoms with Crippen LogP contribution in [0.15, 0.2) is 4.99 Å². The van der Waals surface area contributed by atoms with Crippen LogP contribution in [0.1, 0.15) is 39.0 Å². The molecule has 7 heteroatoms. The molecule has 0 unspecified atom stereocenters. The van der Waals surface area contributed by atoms with E-state index in [1.165, 1.54) is 0 Å². The van der Waals surface area contributed by atoms with Crippen molar-refractivity contribution in [3.05, 3.63) is 0 Å². The Kier molecular flexibility index (Phi) is 11.2. The largest absolute Gasteiger partial charge is 0.382 e. The molecule has 1 aliphatic heterocycles. The summed E-state index contributed by atoms with van der Waals surface area (Å²) in [4.78, 5) is 17.8. The van der Waals surface area contributed by atoms with Gasteiger partial charge >= 0.3 is 0 Å². The number of piperidine rings is 1. The minimum absolute atomic E-state index is 0.0834. The summed E-state index contributed by atoms with van der Waals surface area (Å²) in [6.45, 7) is 8.42. The third-order valence-electron chi connectivity index (χ3n) is 4.37. The number of hydrogen-bond acceptors (Lipinski definition) is 4. The lowest BCUT2D eigenvalue weighted by atomic mass is 9.96. The van der Waals surface area contributed by atoms with E-state index in [4.69, 9.17) is 10.5 Å². The number of carbonyl (C=O) groups is 1. The Morgan fingerprint density at radius 1 is 1.21 bits per heavy atom. The van der Waals surface area contributed by atoms with Crippen molar-refractivity contribution >= 4 is 11.9 Å². The monoisotopic (exact) mass is 341 g/mol. The van der Waals surface area contributed by atoms with Crippen LogP contribution in [0.25, 0.3) is 0 Å². The van der Waals surface area contributed by atoms with Gasteiger partial charge in [-0.2, -0.15) is 0 Å². The SMILES string of the molecule is CCOCCCNC(=NC)NCCCCN1CCC(C(N)=O)CC1. The van der Waals surface area contributed by atoms with Gasteiger partial charge in [0.05, 0.1) is 0 Å². The molecule has 1 rings (SSSR count). The van der Waals surface area contributed by atoms with Crippen molar-refractivity contribution in [1.82, 2.24) is 15.5 Å². The molecule has 0 aromatic rings. The molecule has 7 nitrogen and oxygen atoms in total. The summed E-state index contributed by atoms with van der Waals surface area (Å²) >= 11 is 0. The normalized spacial score (nSPS) is 17.0. The zero-order valence-electron chi connectivity index (χ0n) is 15.4. The Hall–Kier alpha value is -1.34. The van der Waals surface area contributed by atoms with Crippen molar-refractivity contribution in [2.45, 2.75) is 39.0 Å². The molecule has 0 spiro atoms. The first-order valence-corrected chi connectivity index (χ1v) is 9.21. The van der Waals surface area contributed by atoms with E-state index < -0.39 is 0 Å². The third-order valence-corrected chi connectivity index (χ3v) is 4.37. The Labute approximate surface area is 146 Å². The molecule has 0 saturated carbocycles. The Morgan fingerprint density at radius 2 is 1.88 bits per heavy atom. The highest BCUT2D eigenvalue weighted by molar-refractivity contribution is 5.79. The summed E-state index contributed by atoms with van der Waals surface area (Å²) in [5.74, 6) is 0.799. The maximum Gasteiger partial charge on any atom is 0.220 e. The van der Waals surface area contributed by atoms with Crippen LogP contribution < -0.4 is 16.4 Å². The zero-order chi connectivity index (χ0) is 17.6. The summed E-state index contributed by atoms with van der Waals surface area (Å²) in [5.41, 5.74) is 5.36. The highest BCUT2D eigenvalue weighted by Gasteiger charge is 2.22. The average Bonchev–Trinajstić information content (AvgIpc) is 2.59. The first-order chi connectivity index (χ1) is 11.7. The second-order valence-electron chi connectivity index (χ2n) is 6.20. The fourth-order valence-corrected chi connectivity index (χ4v) is 2.85. The van der Waals surface area contributed by atoms with Gasteiger partial charge in [-0.05, 0) is 58.7 Å². The average molecular weight is 342 g/mol. The predicted octanol–water partition coefficient (Wildman–Crippen LogP) is 0.556. The number of carbonyl (C=O) groups excluding carboxylic acids is 1. The molecule has 140 valence electrons. The molecule has 1 aliphatic rings. The number of nitrogens with two attached hydrogens (primary N) is 1. The van der Waals surface area contributed by atoms with Crippen molar-refractivity contribution in [3.8, 4) is 0 Å². The van der Waals surface area contributed by atoms with Crippen molar-refractivity contribution in [2.24, 2.45) is 16.6 Å². The molecule has 1 amide bonds. The lowest BCUT2D eigenvalue weighted by Gasteiger charge is -2.30. The molecular weight excluding hydrogens is 306 g/mol. The molecule has 0 atom stereocenters. The van der Waals surface area contributed by atoms with Gasteiger partial charge < -0.3 is 26.0 Å². The summed E-state index contributed by atoms with van der Waals surface area (Å²) < 4.78 is 5.31. The van der Waals surface area contributed by atoms with Crippen molar-refractivity contribution < 1.29 is 9.53 Å². The number of likely N-dealkylation sites (tertiary alicyclic amines) is 1. The van der Waals surface area contributed by atoms with Gasteiger partial charge in [-0.25, -0.2) is 0 Å². The third kappa shape index (κ3) is 9.08. The van der Waals surface area contributed by atoms with Crippen LogP contribution in [0.2, 0.25) is 0 Å². The number of amides is 1. The topological polar surface area (TPSA) is 92.0 Å². The van der Waals surface area contributed by atoms with Crippen LogP contribution >= 0.6 is 0 Å². The van der Waals surface area contributed by atoms with Crippen LogP contribution in [-0.4, -0.2) is 69.8 Å². The second-order valence-corrected chi connectivity index (χ2v) is 6.20. The summed E-state index contributed by atoms with van der Waals surface area (Å²) in [6.07, 6.45) is 5.05. The van der Waals surface area contributed by atoms with E-state index in [1.807, 2.05) is 6.92 Å². The molecule has 1 fully saturated rings. The molecule has 1 saturated heterocycles. The number of primary amides is 1. The quantitative estimate of drug-likeness (QED) is 0.290. The fourth-order valence-electron chi connectivity index (χ4n) is 2.85. The smallest absolute Gasteiger partial charge is 0.220 e. The molecule has 4 N–H and O–H groups in total. The van der Waals surface area contributed by atoms with E-state index in [-0.39, 0.29) is 11.8 Å². The van der Waals surface area contributed by atoms with Crippen LogP contribution in [0, 0.1) is 5.92 Å². The van der Waals surface area contributed by atoms with Crippen LogP contribution in [0.5, 0.6) is 0 Å². The molecule has 0 bridgehead atoms. The second kappa shape index (κ2) is 13.0. The number of rotatable bonds is 11. The fraction of sp³-hybridized carbons (Fsp3) is 0.882. The number of hydrogen-bond donors (Lipinski definition) is 3.